The predicted molar refractivity (Wildman–Crippen MR) is 128 cm³/mol. The Morgan fingerprint density at radius 1 is 1.09 bits per heavy atom. The summed E-state index contributed by atoms with van der Waals surface area (Å²) in [5.41, 5.74) is 3.65. The van der Waals surface area contributed by atoms with Crippen molar-refractivity contribution in [3.63, 3.8) is 0 Å². The second kappa shape index (κ2) is 9.33. The first-order valence-corrected chi connectivity index (χ1v) is 12.1. The standard InChI is InChI=1S/C26H32N6O/c1-19-21-11-8-15-31(17-13-20-9-4-3-5-10-20)24(21)29-23(28-19)22-12-6-7-16-32(22)26(33)25-27-14-18-30(25)2/h3-5,9-10,14,18,22H,6-8,11-13,15-17H2,1-2H3/t22-/m0/s1. The van der Waals surface area contributed by atoms with Crippen LogP contribution in [0, 0.1) is 6.92 Å². The Kier molecular flexibility index (Phi) is 6.11. The zero-order valence-corrected chi connectivity index (χ0v) is 19.6. The summed E-state index contributed by atoms with van der Waals surface area (Å²) < 4.78 is 1.79. The molecule has 0 unspecified atom stereocenters. The predicted octanol–water partition coefficient (Wildman–Crippen LogP) is 3.88. The maximum atomic E-state index is 13.3. The van der Waals surface area contributed by atoms with Crippen LogP contribution in [0.5, 0.6) is 0 Å². The van der Waals surface area contributed by atoms with Gasteiger partial charge in [0.15, 0.2) is 11.6 Å². The molecule has 0 saturated carbocycles. The minimum Gasteiger partial charge on any atom is -0.356 e. The van der Waals surface area contributed by atoms with Crippen molar-refractivity contribution in [3.05, 3.63) is 71.2 Å². The zero-order valence-electron chi connectivity index (χ0n) is 19.6. The summed E-state index contributed by atoms with van der Waals surface area (Å²) in [5.74, 6) is 2.28. The minimum atomic E-state index is -0.107. The highest BCUT2D eigenvalue weighted by molar-refractivity contribution is 5.91. The largest absolute Gasteiger partial charge is 0.356 e. The van der Waals surface area contributed by atoms with E-state index in [0.29, 0.717) is 12.4 Å². The molecule has 0 aliphatic carbocycles. The third-order valence-corrected chi connectivity index (χ3v) is 6.95. The average molecular weight is 445 g/mol. The number of benzene rings is 1. The van der Waals surface area contributed by atoms with E-state index in [1.165, 1.54) is 11.1 Å². The number of carbonyl (C=O) groups excluding carboxylic acids is 1. The van der Waals surface area contributed by atoms with Crippen LogP contribution in [-0.2, 0) is 19.9 Å². The number of piperidine rings is 1. The smallest absolute Gasteiger partial charge is 0.290 e. The van der Waals surface area contributed by atoms with Crippen molar-refractivity contribution in [3.8, 4) is 0 Å². The van der Waals surface area contributed by atoms with Gasteiger partial charge in [0.1, 0.15) is 5.82 Å². The number of aryl methyl sites for hydroxylation is 2. The molecule has 1 fully saturated rings. The van der Waals surface area contributed by atoms with Crippen molar-refractivity contribution < 1.29 is 4.79 Å². The van der Waals surface area contributed by atoms with Gasteiger partial charge in [0.25, 0.3) is 5.91 Å². The molecule has 33 heavy (non-hydrogen) atoms. The third kappa shape index (κ3) is 4.36. The van der Waals surface area contributed by atoms with Crippen LogP contribution in [0.1, 0.15) is 65.0 Å². The number of hydrogen-bond donors (Lipinski definition) is 0. The first kappa shape index (κ1) is 21.6. The fraction of sp³-hybridized carbons (Fsp3) is 0.462. The molecule has 7 heteroatoms. The van der Waals surface area contributed by atoms with Crippen LogP contribution in [0.15, 0.2) is 42.7 Å². The van der Waals surface area contributed by atoms with Crippen LogP contribution < -0.4 is 4.90 Å². The summed E-state index contributed by atoms with van der Waals surface area (Å²) in [6, 6.07) is 10.5. The van der Waals surface area contributed by atoms with E-state index in [1.807, 2.05) is 18.1 Å². The van der Waals surface area contributed by atoms with Crippen LogP contribution in [-0.4, -0.2) is 50.0 Å². The molecule has 3 aromatic rings. The lowest BCUT2D eigenvalue weighted by Crippen LogP contribution is -2.41. The number of rotatable bonds is 5. The lowest BCUT2D eigenvalue weighted by Gasteiger charge is -2.36. The van der Waals surface area contributed by atoms with E-state index in [1.54, 1.807) is 10.8 Å². The van der Waals surface area contributed by atoms with Crippen molar-refractivity contribution in [2.45, 2.75) is 51.5 Å². The number of fused-ring (bicyclic) bond motifs is 1. The Hall–Kier alpha value is -3.22. The van der Waals surface area contributed by atoms with Gasteiger partial charge < -0.3 is 14.4 Å². The highest BCUT2D eigenvalue weighted by Gasteiger charge is 2.34. The van der Waals surface area contributed by atoms with Gasteiger partial charge in [-0.25, -0.2) is 15.0 Å². The SMILES string of the molecule is Cc1nc([C@@H]2CCCCN2C(=O)c2nccn2C)nc2c1CCCN2CCc1ccccc1. The summed E-state index contributed by atoms with van der Waals surface area (Å²) >= 11 is 0. The van der Waals surface area contributed by atoms with E-state index < -0.39 is 0 Å². The molecule has 2 aromatic heterocycles. The van der Waals surface area contributed by atoms with E-state index in [2.05, 4.69) is 47.1 Å². The van der Waals surface area contributed by atoms with Gasteiger partial charge in [-0.1, -0.05) is 30.3 Å². The lowest BCUT2D eigenvalue weighted by molar-refractivity contribution is 0.0583. The molecule has 172 valence electrons. The van der Waals surface area contributed by atoms with Crippen LogP contribution in [0.3, 0.4) is 0 Å². The van der Waals surface area contributed by atoms with Gasteiger partial charge in [-0.15, -0.1) is 0 Å². The second-order valence-electron chi connectivity index (χ2n) is 9.17. The van der Waals surface area contributed by atoms with Crippen molar-refractivity contribution in [2.75, 3.05) is 24.5 Å². The normalized spacial score (nSPS) is 18.3. The molecule has 1 atom stereocenters. The lowest BCUT2D eigenvalue weighted by atomic mass is 9.99. The van der Waals surface area contributed by atoms with Crippen LogP contribution in [0.25, 0.3) is 0 Å². The number of anilines is 1. The minimum absolute atomic E-state index is 0.0351. The molecule has 1 saturated heterocycles. The zero-order chi connectivity index (χ0) is 22.8. The topological polar surface area (TPSA) is 67.2 Å². The van der Waals surface area contributed by atoms with Crippen molar-refractivity contribution in [2.24, 2.45) is 7.05 Å². The van der Waals surface area contributed by atoms with Crippen LogP contribution in [0.2, 0.25) is 0 Å². The Labute approximate surface area is 195 Å². The molecule has 2 aliphatic rings. The molecular weight excluding hydrogens is 412 g/mol. The maximum absolute atomic E-state index is 13.3. The number of imidazole rings is 1. The van der Waals surface area contributed by atoms with Gasteiger partial charge in [-0.3, -0.25) is 4.79 Å². The number of likely N-dealkylation sites (tertiary alicyclic amines) is 1. The molecule has 0 spiro atoms. The van der Waals surface area contributed by atoms with E-state index >= 15 is 0 Å². The first-order valence-electron chi connectivity index (χ1n) is 12.1. The van der Waals surface area contributed by atoms with Gasteiger partial charge in [0.2, 0.25) is 0 Å². The first-order chi connectivity index (χ1) is 16.1. The Morgan fingerprint density at radius 3 is 2.73 bits per heavy atom. The van der Waals surface area contributed by atoms with Gasteiger partial charge in [-0.2, -0.15) is 0 Å². The molecular formula is C26H32N6O. The van der Waals surface area contributed by atoms with Gasteiger partial charge in [0, 0.05) is 50.3 Å². The van der Waals surface area contributed by atoms with Gasteiger partial charge in [-0.05, 0) is 51.0 Å². The fourth-order valence-electron chi connectivity index (χ4n) is 5.13. The number of carbonyl (C=O) groups is 1. The second-order valence-corrected chi connectivity index (χ2v) is 9.17. The monoisotopic (exact) mass is 444 g/mol. The Bertz CT molecular complexity index is 1130. The average Bonchev–Trinajstić information content (AvgIpc) is 3.28. The number of aromatic nitrogens is 4. The molecule has 0 N–H and O–H groups in total. The number of nitrogens with zero attached hydrogens (tertiary/aromatic N) is 6. The summed E-state index contributed by atoms with van der Waals surface area (Å²) in [5, 5.41) is 0. The summed E-state index contributed by atoms with van der Waals surface area (Å²) in [7, 11) is 1.86. The van der Waals surface area contributed by atoms with Crippen LogP contribution >= 0.6 is 0 Å². The van der Waals surface area contributed by atoms with E-state index in [-0.39, 0.29) is 11.9 Å². The molecule has 5 rings (SSSR count). The maximum Gasteiger partial charge on any atom is 0.290 e. The summed E-state index contributed by atoms with van der Waals surface area (Å²) in [6.07, 6.45) is 9.59. The summed E-state index contributed by atoms with van der Waals surface area (Å²) in [6.45, 7) is 4.76. The van der Waals surface area contributed by atoms with Gasteiger partial charge in [0.05, 0.1) is 6.04 Å². The number of amides is 1. The van der Waals surface area contributed by atoms with E-state index in [9.17, 15) is 4.79 Å². The van der Waals surface area contributed by atoms with Gasteiger partial charge >= 0.3 is 0 Å². The third-order valence-electron chi connectivity index (χ3n) is 6.95. The molecule has 0 bridgehead atoms. The molecule has 4 heterocycles. The summed E-state index contributed by atoms with van der Waals surface area (Å²) in [4.78, 5) is 32.0. The molecule has 0 radical (unpaired) electrons. The molecule has 1 aromatic carbocycles. The number of hydrogen-bond acceptors (Lipinski definition) is 5. The highest BCUT2D eigenvalue weighted by Crippen LogP contribution is 2.34. The van der Waals surface area contributed by atoms with E-state index in [4.69, 9.17) is 9.97 Å². The van der Waals surface area contributed by atoms with Crippen molar-refractivity contribution >= 4 is 11.7 Å². The molecule has 7 nitrogen and oxygen atoms in total. The van der Waals surface area contributed by atoms with Crippen molar-refractivity contribution in [1.82, 2.24) is 24.4 Å². The van der Waals surface area contributed by atoms with Crippen LogP contribution in [0.4, 0.5) is 5.82 Å². The highest BCUT2D eigenvalue weighted by atomic mass is 16.2. The van der Waals surface area contributed by atoms with E-state index in [0.717, 1.165) is 69.0 Å². The Balaban J connectivity index is 1.44. The Morgan fingerprint density at radius 2 is 1.94 bits per heavy atom. The quantitative estimate of drug-likeness (QED) is 0.597. The molecule has 2 aliphatic heterocycles. The fourth-order valence-corrected chi connectivity index (χ4v) is 5.13. The molecule has 1 amide bonds. The van der Waals surface area contributed by atoms with Crippen molar-refractivity contribution in [1.29, 1.82) is 0 Å².